The van der Waals surface area contributed by atoms with Gasteiger partial charge in [0.1, 0.15) is 0 Å². The van der Waals surface area contributed by atoms with Crippen molar-refractivity contribution >= 4 is 0 Å². The molecule has 0 bridgehead atoms. The number of hydrogen-bond acceptors (Lipinski definition) is 4. The number of piperazine rings is 2. The van der Waals surface area contributed by atoms with Gasteiger partial charge in [-0.3, -0.25) is 0 Å². The predicted molar refractivity (Wildman–Crippen MR) is 58.9 cm³/mol. The molecule has 3 fully saturated rings. The Labute approximate surface area is 91.5 Å². The van der Waals surface area contributed by atoms with Gasteiger partial charge in [-0.15, -0.1) is 10.0 Å². The third-order valence-electron chi connectivity index (χ3n) is 3.86. The van der Waals surface area contributed by atoms with E-state index in [4.69, 9.17) is 0 Å². The zero-order valence-corrected chi connectivity index (χ0v) is 9.41. The molecule has 3 aliphatic rings. The number of rotatable bonds is 2. The molecule has 5 heteroatoms. The Balaban J connectivity index is 1.66. The van der Waals surface area contributed by atoms with E-state index in [2.05, 4.69) is 20.7 Å². The van der Waals surface area contributed by atoms with Gasteiger partial charge in [-0.2, -0.15) is 4.70 Å². The molecule has 3 heterocycles. The van der Waals surface area contributed by atoms with Crippen LogP contribution < -0.4 is 10.6 Å². The Morgan fingerprint density at radius 1 is 0.667 bits per heavy atom. The molecule has 0 amide bonds. The van der Waals surface area contributed by atoms with Crippen molar-refractivity contribution in [2.24, 2.45) is 0 Å². The highest BCUT2D eigenvalue weighted by Crippen LogP contribution is 2.29. The molecular formula is C10H22N5+. The number of nitrogens with one attached hydrogen (secondary N) is 2. The van der Waals surface area contributed by atoms with E-state index in [1.165, 1.54) is 44.0 Å². The van der Waals surface area contributed by atoms with E-state index in [1.807, 2.05) is 0 Å². The normalized spacial score (nSPS) is 32.8. The first-order valence-corrected chi connectivity index (χ1v) is 6.21. The van der Waals surface area contributed by atoms with Crippen LogP contribution in [0.4, 0.5) is 0 Å². The van der Waals surface area contributed by atoms with Gasteiger partial charge in [-0.25, -0.2) is 0 Å². The van der Waals surface area contributed by atoms with Crippen LogP contribution in [0.5, 0.6) is 0 Å². The Morgan fingerprint density at radius 2 is 1.07 bits per heavy atom. The standard InChI is InChI=1S/C10H22N5/c1-5-13(6-2-11-1)15(9-10-15)14-7-3-12-4-8-14/h11-12H,1-10H2/q+1. The lowest BCUT2D eigenvalue weighted by atomic mass is 10.4. The van der Waals surface area contributed by atoms with Crippen molar-refractivity contribution < 1.29 is 4.70 Å². The molecule has 5 nitrogen and oxygen atoms in total. The molecule has 0 radical (unpaired) electrons. The van der Waals surface area contributed by atoms with Crippen molar-refractivity contribution in [3.05, 3.63) is 0 Å². The van der Waals surface area contributed by atoms with Crippen LogP contribution in [0.25, 0.3) is 0 Å². The largest absolute Gasteiger partial charge is 0.314 e. The molecule has 0 unspecified atom stereocenters. The molecule has 0 saturated carbocycles. The summed E-state index contributed by atoms with van der Waals surface area (Å²) in [5.41, 5.74) is 0. The van der Waals surface area contributed by atoms with Crippen molar-refractivity contribution in [2.75, 3.05) is 65.4 Å². The van der Waals surface area contributed by atoms with Crippen LogP contribution in [0.1, 0.15) is 0 Å². The Morgan fingerprint density at radius 3 is 1.40 bits per heavy atom. The van der Waals surface area contributed by atoms with Gasteiger partial charge in [0.15, 0.2) is 13.1 Å². The first-order chi connectivity index (χ1) is 7.42. The van der Waals surface area contributed by atoms with Crippen LogP contribution in [0.3, 0.4) is 0 Å². The lowest BCUT2D eigenvalue weighted by Gasteiger charge is -2.42. The summed E-state index contributed by atoms with van der Waals surface area (Å²) in [5.74, 6) is 0. The SMILES string of the molecule is C1CN([N+]2(N3CCNCC3)CC2)CCN1. The van der Waals surface area contributed by atoms with Gasteiger partial charge in [0, 0.05) is 26.2 Å². The zero-order chi connectivity index (χ0) is 10.1. The summed E-state index contributed by atoms with van der Waals surface area (Å²) in [7, 11) is 0. The minimum absolute atomic E-state index is 1.16. The third kappa shape index (κ3) is 1.79. The molecule has 0 aromatic heterocycles. The average Bonchev–Trinajstić information content (AvgIpc) is 3.13. The van der Waals surface area contributed by atoms with E-state index in [0.717, 1.165) is 26.2 Å². The lowest BCUT2D eigenvalue weighted by molar-refractivity contribution is -1.03. The van der Waals surface area contributed by atoms with E-state index in [-0.39, 0.29) is 0 Å². The van der Waals surface area contributed by atoms with Gasteiger partial charge in [0.2, 0.25) is 0 Å². The fraction of sp³-hybridized carbons (Fsp3) is 1.00. The highest BCUT2D eigenvalue weighted by atomic mass is 16.0. The van der Waals surface area contributed by atoms with E-state index in [0.29, 0.717) is 0 Å². The van der Waals surface area contributed by atoms with Crippen molar-refractivity contribution in [3.63, 3.8) is 0 Å². The average molecular weight is 212 g/mol. The third-order valence-corrected chi connectivity index (χ3v) is 3.86. The monoisotopic (exact) mass is 212 g/mol. The summed E-state index contributed by atoms with van der Waals surface area (Å²) in [6.07, 6.45) is 0. The highest BCUT2D eigenvalue weighted by molar-refractivity contribution is 4.69. The summed E-state index contributed by atoms with van der Waals surface area (Å²) < 4.78 is 1.17. The van der Waals surface area contributed by atoms with Crippen LogP contribution in [0, 0.1) is 0 Å². The maximum absolute atomic E-state index is 3.43. The van der Waals surface area contributed by atoms with Crippen LogP contribution in [-0.4, -0.2) is 80.2 Å². The number of quaternary nitrogens is 1. The second-order valence-electron chi connectivity index (χ2n) is 4.73. The summed E-state index contributed by atoms with van der Waals surface area (Å²) in [5, 5.41) is 12.2. The molecule has 3 aliphatic heterocycles. The zero-order valence-electron chi connectivity index (χ0n) is 9.41. The van der Waals surface area contributed by atoms with E-state index in [9.17, 15) is 0 Å². The quantitative estimate of drug-likeness (QED) is 0.429. The maximum atomic E-state index is 3.43. The summed E-state index contributed by atoms with van der Waals surface area (Å²) in [6, 6.07) is 0. The number of hydrogen-bond donors (Lipinski definition) is 2. The van der Waals surface area contributed by atoms with E-state index >= 15 is 0 Å². The fourth-order valence-corrected chi connectivity index (χ4v) is 2.88. The Kier molecular flexibility index (Phi) is 2.66. The fourth-order valence-electron chi connectivity index (χ4n) is 2.88. The van der Waals surface area contributed by atoms with Gasteiger partial charge >= 0.3 is 0 Å². The minimum Gasteiger partial charge on any atom is -0.314 e. The summed E-state index contributed by atoms with van der Waals surface area (Å²) >= 11 is 0. The lowest BCUT2D eigenvalue weighted by Crippen LogP contribution is -2.64. The van der Waals surface area contributed by atoms with E-state index in [1.54, 1.807) is 0 Å². The molecule has 2 N–H and O–H groups in total. The maximum Gasteiger partial charge on any atom is 0.168 e. The smallest absolute Gasteiger partial charge is 0.168 e. The predicted octanol–water partition coefficient (Wildman–Crippen LogP) is -1.54. The second-order valence-corrected chi connectivity index (χ2v) is 4.73. The van der Waals surface area contributed by atoms with Crippen LogP contribution >= 0.6 is 0 Å². The first-order valence-electron chi connectivity index (χ1n) is 6.21. The molecule has 0 spiro atoms. The molecule has 0 aromatic rings. The van der Waals surface area contributed by atoms with Gasteiger partial charge in [0.05, 0.1) is 26.2 Å². The molecule has 15 heavy (non-hydrogen) atoms. The highest BCUT2D eigenvalue weighted by Gasteiger charge is 2.54. The molecule has 0 aliphatic carbocycles. The molecule has 3 saturated heterocycles. The van der Waals surface area contributed by atoms with Crippen molar-refractivity contribution in [3.8, 4) is 0 Å². The van der Waals surface area contributed by atoms with Crippen LogP contribution in [0.15, 0.2) is 0 Å². The van der Waals surface area contributed by atoms with Crippen LogP contribution in [0.2, 0.25) is 0 Å². The van der Waals surface area contributed by atoms with Gasteiger partial charge < -0.3 is 10.6 Å². The van der Waals surface area contributed by atoms with Crippen LogP contribution in [-0.2, 0) is 0 Å². The molecule has 3 rings (SSSR count). The topological polar surface area (TPSA) is 30.5 Å². The van der Waals surface area contributed by atoms with Gasteiger partial charge in [-0.05, 0) is 0 Å². The minimum atomic E-state index is 1.16. The molecule has 0 atom stereocenters. The van der Waals surface area contributed by atoms with Gasteiger partial charge in [-0.1, -0.05) is 0 Å². The Hall–Kier alpha value is -0.200. The van der Waals surface area contributed by atoms with Gasteiger partial charge in [0.25, 0.3) is 0 Å². The van der Waals surface area contributed by atoms with E-state index < -0.39 is 0 Å². The van der Waals surface area contributed by atoms with Crippen molar-refractivity contribution in [1.82, 2.24) is 20.7 Å². The first kappa shape index (κ1) is 9.99. The molecular weight excluding hydrogens is 190 g/mol. The molecule has 0 aromatic carbocycles. The van der Waals surface area contributed by atoms with Crippen molar-refractivity contribution in [2.45, 2.75) is 0 Å². The number of nitrogens with zero attached hydrogens (tertiary/aromatic N) is 3. The molecule has 86 valence electrons. The summed E-state index contributed by atoms with van der Waals surface area (Å²) in [6.45, 7) is 12.2. The summed E-state index contributed by atoms with van der Waals surface area (Å²) in [4.78, 5) is 0. The van der Waals surface area contributed by atoms with Crippen molar-refractivity contribution in [1.29, 1.82) is 0 Å². The second kappa shape index (κ2) is 3.99. The Bertz CT molecular complexity index is 196.